The third kappa shape index (κ3) is 8.07. The molecule has 0 radical (unpaired) electrons. The predicted octanol–water partition coefficient (Wildman–Crippen LogP) is 11.0. The van der Waals surface area contributed by atoms with Gasteiger partial charge in [-0.15, -0.1) is 5.73 Å². The lowest BCUT2D eigenvalue weighted by molar-refractivity contribution is 0.100. The van der Waals surface area contributed by atoms with E-state index in [-0.39, 0.29) is 0 Å². The molecule has 0 aliphatic heterocycles. The van der Waals surface area contributed by atoms with Crippen molar-refractivity contribution in [2.24, 2.45) is 17.6 Å². The molecule has 232 valence electrons. The van der Waals surface area contributed by atoms with Gasteiger partial charge in [-0.2, -0.15) is 0 Å². The Hall–Kier alpha value is -3.68. The molecule has 1 atom stereocenters. The summed E-state index contributed by atoms with van der Waals surface area (Å²) < 4.78 is 0. The Labute approximate surface area is 266 Å². The molecule has 1 heterocycles. The SMILES string of the molecule is CC=C(CCCCC=C(C)CC)c1cc(-c2ccc(C)c(CC=C=CC(C)C3CCCC3)c2)c2c(C)ccnc2c1C(N)=O. The molecule has 1 saturated carbocycles. The number of rotatable bonds is 13. The normalized spacial score (nSPS) is 15.0. The zero-order chi connectivity index (χ0) is 31.6. The van der Waals surface area contributed by atoms with Crippen molar-refractivity contribution in [2.75, 3.05) is 0 Å². The number of amides is 1. The molecule has 4 rings (SSSR count). The second kappa shape index (κ2) is 15.9. The van der Waals surface area contributed by atoms with Gasteiger partial charge < -0.3 is 5.73 Å². The lowest BCUT2D eigenvalue weighted by Crippen LogP contribution is -2.15. The number of aromatic nitrogens is 1. The van der Waals surface area contributed by atoms with Crippen molar-refractivity contribution in [3.05, 3.63) is 100.0 Å². The Kier molecular flexibility index (Phi) is 12.0. The Morgan fingerprint density at radius 3 is 2.59 bits per heavy atom. The fourth-order valence-electron chi connectivity index (χ4n) is 6.69. The molecular weight excluding hydrogens is 536 g/mol. The number of benzene rings is 2. The molecule has 1 fully saturated rings. The fourth-order valence-corrected chi connectivity index (χ4v) is 6.69. The van der Waals surface area contributed by atoms with E-state index in [0.717, 1.165) is 77.7 Å². The average molecular weight is 589 g/mol. The number of carbonyl (C=O) groups is 1. The molecule has 1 aromatic heterocycles. The zero-order valence-electron chi connectivity index (χ0n) is 27.9. The number of fused-ring (bicyclic) bond motifs is 1. The molecule has 1 aliphatic rings. The van der Waals surface area contributed by atoms with E-state index in [1.807, 2.05) is 6.07 Å². The van der Waals surface area contributed by atoms with Crippen LogP contribution in [0, 0.1) is 25.7 Å². The van der Waals surface area contributed by atoms with Crippen molar-refractivity contribution in [1.29, 1.82) is 0 Å². The highest BCUT2D eigenvalue weighted by atomic mass is 16.1. The first-order valence-corrected chi connectivity index (χ1v) is 16.8. The molecule has 44 heavy (non-hydrogen) atoms. The third-order valence-corrected chi connectivity index (χ3v) is 9.72. The van der Waals surface area contributed by atoms with E-state index < -0.39 is 5.91 Å². The molecule has 1 amide bonds. The maximum atomic E-state index is 13.0. The number of hydrogen-bond donors (Lipinski definition) is 1. The highest BCUT2D eigenvalue weighted by Gasteiger charge is 2.22. The minimum Gasteiger partial charge on any atom is -0.366 e. The Bertz CT molecular complexity index is 1590. The van der Waals surface area contributed by atoms with Gasteiger partial charge >= 0.3 is 0 Å². The van der Waals surface area contributed by atoms with Gasteiger partial charge in [0.15, 0.2) is 0 Å². The summed E-state index contributed by atoms with van der Waals surface area (Å²) >= 11 is 0. The Morgan fingerprint density at radius 2 is 1.89 bits per heavy atom. The topological polar surface area (TPSA) is 56.0 Å². The maximum absolute atomic E-state index is 13.0. The highest BCUT2D eigenvalue weighted by Crippen LogP contribution is 2.39. The zero-order valence-corrected chi connectivity index (χ0v) is 27.9. The van der Waals surface area contributed by atoms with E-state index in [1.165, 1.54) is 42.4 Å². The second-order valence-electron chi connectivity index (χ2n) is 12.8. The number of primary amides is 1. The van der Waals surface area contributed by atoms with Crippen LogP contribution in [-0.4, -0.2) is 10.9 Å². The van der Waals surface area contributed by atoms with Gasteiger partial charge in [0, 0.05) is 11.6 Å². The third-order valence-electron chi connectivity index (χ3n) is 9.72. The van der Waals surface area contributed by atoms with Gasteiger partial charge in [-0.1, -0.05) is 62.6 Å². The monoisotopic (exact) mass is 588 g/mol. The van der Waals surface area contributed by atoms with E-state index in [9.17, 15) is 4.79 Å². The summed E-state index contributed by atoms with van der Waals surface area (Å²) in [4.78, 5) is 17.8. The minimum absolute atomic E-state index is 0.427. The summed E-state index contributed by atoms with van der Waals surface area (Å²) in [6.07, 6.45) is 22.2. The number of pyridine rings is 1. The van der Waals surface area contributed by atoms with Crippen molar-refractivity contribution < 1.29 is 4.79 Å². The van der Waals surface area contributed by atoms with Crippen LogP contribution in [0.3, 0.4) is 0 Å². The van der Waals surface area contributed by atoms with Gasteiger partial charge in [0.05, 0.1) is 11.1 Å². The summed E-state index contributed by atoms with van der Waals surface area (Å²) in [6.45, 7) is 13.1. The summed E-state index contributed by atoms with van der Waals surface area (Å²) in [5.41, 5.74) is 20.2. The number of aryl methyl sites for hydroxylation is 2. The van der Waals surface area contributed by atoms with Gasteiger partial charge in [0.2, 0.25) is 0 Å². The van der Waals surface area contributed by atoms with Crippen LogP contribution in [0.5, 0.6) is 0 Å². The van der Waals surface area contributed by atoms with E-state index in [2.05, 4.69) is 95.8 Å². The first kappa shape index (κ1) is 33.2. The summed E-state index contributed by atoms with van der Waals surface area (Å²) in [6, 6.07) is 10.9. The predicted molar refractivity (Wildman–Crippen MR) is 189 cm³/mol. The van der Waals surface area contributed by atoms with Crippen molar-refractivity contribution in [3.63, 3.8) is 0 Å². The molecule has 2 aromatic carbocycles. The number of nitrogens with zero attached hydrogens (tertiary/aromatic N) is 1. The van der Waals surface area contributed by atoms with Crippen LogP contribution in [0.15, 0.2) is 72.1 Å². The Balaban J connectivity index is 1.72. The summed E-state index contributed by atoms with van der Waals surface area (Å²) in [7, 11) is 0. The van der Waals surface area contributed by atoms with Gasteiger partial charge in [0.1, 0.15) is 0 Å². The molecule has 3 nitrogen and oxygen atoms in total. The van der Waals surface area contributed by atoms with Crippen LogP contribution in [0.1, 0.15) is 118 Å². The molecule has 1 aliphatic carbocycles. The largest absolute Gasteiger partial charge is 0.366 e. The summed E-state index contributed by atoms with van der Waals surface area (Å²) in [5.74, 6) is 0.972. The van der Waals surface area contributed by atoms with E-state index in [1.54, 1.807) is 6.20 Å². The quantitative estimate of drug-likeness (QED) is 0.123. The first-order chi connectivity index (χ1) is 21.2. The van der Waals surface area contributed by atoms with Crippen LogP contribution < -0.4 is 5.73 Å². The van der Waals surface area contributed by atoms with Gasteiger partial charge in [0.25, 0.3) is 5.91 Å². The Morgan fingerprint density at radius 1 is 1.11 bits per heavy atom. The van der Waals surface area contributed by atoms with Crippen LogP contribution in [0.25, 0.3) is 27.6 Å². The van der Waals surface area contributed by atoms with Gasteiger partial charge in [-0.3, -0.25) is 9.78 Å². The van der Waals surface area contributed by atoms with Crippen molar-refractivity contribution in [2.45, 2.75) is 106 Å². The molecule has 3 heteroatoms. The van der Waals surface area contributed by atoms with Crippen LogP contribution in [0.4, 0.5) is 0 Å². The molecule has 1 unspecified atom stereocenters. The van der Waals surface area contributed by atoms with Gasteiger partial charge in [-0.25, -0.2) is 0 Å². The highest BCUT2D eigenvalue weighted by molar-refractivity contribution is 6.13. The lowest BCUT2D eigenvalue weighted by atomic mass is 9.86. The van der Waals surface area contributed by atoms with Crippen molar-refractivity contribution in [3.8, 4) is 11.1 Å². The lowest BCUT2D eigenvalue weighted by Gasteiger charge is -2.19. The van der Waals surface area contributed by atoms with Crippen LogP contribution in [-0.2, 0) is 6.42 Å². The minimum atomic E-state index is -0.427. The first-order valence-electron chi connectivity index (χ1n) is 16.8. The standard InChI is InChI=1S/C41H52N2O/c1-7-28(3)16-10-9-11-18-32(8-2)36-27-37(38-31(6)24-25-43-40(38)39(36)41(42)44)35-23-22-30(5)34(26-35)21-13-12-17-29(4)33-19-14-15-20-33/h8,13,16-17,22-27,29,33H,7,9-11,14-15,18-21H2,1-6H3,(H2,42,44). The van der Waals surface area contributed by atoms with E-state index >= 15 is 0 Å². The number of carbonyl (C=O) groups excluding carboxylic acids is 1. The molecule has 0 spiro atoms. The smallest absolute Gasteiger partial charge is 0.251 e. The molecule has 0 saturated heterocycles. The number of nitrogens with two attached hydrogens (primary N) is 1. The van der Waals surface area contributed by atoms with Gasteiger partial charge in [-0.05, 0) is 154 Å². The molecule has 0 bridgehead atoms. The number of allylic oxidation sites excluding steroid dienone is 5. The van der Waals surface area contributed by atoms with Crippen LogP contribution in [0.2, 0.25) is 0 Å². The van der Waals surface area contributed by atoms with Crippen molar-refractivity contribution >= 4 is 22.4 Å². The van der Waals surface area contributed by atoms with Crippen LogP contribution >= 0.6 is 0 Å². The van der Waals surface area contributed by atoms with E-state index in [4.69, 9.17) is 10.7 Å². The number of hydrogen-bond acceptors (Lipinski definition) is 2. The van der Waals surface area contributed by atoms with E-state index in [0.29, 0.717) is 17.0 Å². The molecule has 3 aromatic rings. The summed E-state index contributed by atoms with van der Waals surface area (Å²) in [5, 5.41) is 0.997. The molecular formula is C41H52N2O. The number of unbranched alkanes of at least 4 members (excludes halogenated alkanes) is 2. The molecule has 2 N–H and O–H groups in total. The second-order valence-corrected chi connectivity index (χ2v) is 12.8. The fraction of sp³-hybridized carbons (Fsp3) is 0.439. The average Bonchev–Trinajstić information content (AvgIpc) is 3.56. The van der Waals surface area contributed by atoms with Crippen molar-refractivity contribution in [1.82, 2.24) is 4.98 Å². The maximum Gasteiger partial charge on any atom is 0.251 e.